The Balaban J connectivity index is 2.55. The van der Waals surface area contributed by atoms with E-state index >= 15 is 0 Å². The van der Waals surface area contributed by atoms with Crippen molar-refractivity contribution in [3.63, 3.8) is 0 Å². The number of benzene rings is 1. The molecule has 0 aliphatic heterocycles. The van der Waals surface area contributed by atoms with Gasteiger partial charge in [0.1, 0.15) is 5.75 Å². The monoisotopic (exact) mass is 209 g/mol. The molecular formula is C11H15NO3. The van der Waals surface area contributed by atoms with Gasteiger partial charge in [0.15, 0.2) is 0 Å². The Bertz CT molecular complexity index is 350. The van der Waals surface area contributed by atoms with Crippen molar-refractivity contribution in [1.82, 2.24) is 0 Å². The van der Waals surface area contributed by atoms with Crippen molar-refractivity contribution in [3.8, 4) is 5.75 Å². The van der Waals surface area contributed by atoms with Gasteiger partial charge in [-0.15, -0.1) is 0 Å². The number of carbonyl (C=O) groups is 1. The number of hydrogen-bond acceptors (Lipinski definition) is 3. The third-order valence-electron chi connectivity index (χ3n) is 2.15. The topological polar surface area (TPSA) is 72.5 Å². The molecule has 15 heavy (non-hydrogen) atoms. The molecule has 0 radical (unpaired) electrons. The summed E-state index contributed by atoms with van der Waals surface area (Å²) in [6, 6.07) is 5.52. The highest BCUT2D eigenvalue weighted by Crippen LogP contribution is 2.22. The maximum absolute atomic E-state index is 10.3. The van der Waals surface area contributed by atoms with Crippen LogP contribution in [-0.4, -0.2) is 18.2 Å². The van der Waals surface area contributed by atoms with E-state index in [4.69, 9.17) is 15.6 Å². The zero-order valence-corrected chi connectivity index (χ0v) is 8.69. The van der Waals surface area contributed by atoms with Crippen LogP contribution >= 0.6 is 0 Å². The molecule has 0 amide bonds. The summed E-state index contributed by atoms with van der Waals surface area (Å²) in [6.45, 7) is 0. The summed E-state index contributed by atoms with van der Waals surface area (Å²) in [6.07, 6.45) is 1.54. The molecule has 82 valence electrons. The van der Waals surface area contributed by atoms with Gasteiger partial charge in [-0.25, -0.2) is 0 Å². The van der Waals surface area contributed by atoms with Crippen LogP contribution in [0.25, 0.3) is 0 Å². The Morgan fingerprint density at radius 2 is 2.27 bits per heavy atom. The van der Waals surface area contributed by atoms with Gasteiger partial charge in [0, 0.05) is 6.42 Å². The number of anilines is 1. The quantitative estimate of drug-likeness (QED) is 0.724. The summed E-state index contributed by atoms with van der Waals surface area (Å²) >= 11 is 0. The second-order valence-electron chi connectivity index (χ2n) is 3.32. The van der Waals surface area contributed by atoms with Crippen LogP contribution in [-0.2, 0) is 11.2 Å². The molecule has 1 aromatic rings. The number of nitrogens with two attached hydrogens (primary N) is 1. The number of carboxylic acid groups (broad SMARTS) is 1. The van der Waals surface area contributed by atoms with Gasteiger partial charge in [-0.2, -0.15) is 0 Å². The van der Waals surface area contributed by atoms with E-state index in [2.05, 4.69) is 0 Å². The summed E-state index contributed by atoms with van der Waals surface area (Å²) in [4.78, 5) is 10.3. The number of ether oxygens (including phenoxy) is 1. The zero-order valence-electron chi connectivity index (χ0n) is 8.69. The van der Waals surface area contributed by atoms with Gasteiger partial charge in [0.25, 0.3) is 0 Å². The van der Waals surface area contributed by atoms with Crippen LogP contribution in [0.3, 0.4) is 0 Å². The van der Waals surface area contributed by atoms with Crippen LogP contribution in [0.5, 0.6) is 5.75 Å². The van der Waals surface area contributed by atoms with Gasteiger partial charge in [-0.1, -0.05) is 6.07 Å². The number of hydrogen-bond donors (Lipinski definition) is 2. The Morgan fingerprint density at radius 3 is 2.80 bits per heavy atom. The van der Waals surface area contributed by atoms with E-state index in [-0.39, 0.29) is 6.42 Å². The first-order valence-electron chi connectivity index (χ1n) is 4.77. The molecule has 0 saturated heterocycles. The van der Waals surface area contributed by atoms with Gasteiger partial charge < -0.3 is 15.6 Å². The molecule has 4 nitrogen and oxygen atoms in total. The molecule has 1 aromatic carbocycles. The van der Waals surface area contributed by atoms with E-state index < -0.39 is 5.97 Å². The first kappa shape index (κ1) is 11.4. The number of aryl methyl sites for hydroxylation is 1. The van der Waals surface area contributed by atoms with E-state index in [0.29, 0.717) is 17.9 Å². The fourth-order valence-electron chi connectivity index (χ4n) is 1.38. The second-order valence-corrected chi connectivity index (χ2v) is 3.32. The summed E-state index contributed by atoms with van der Waals surface area (Å²) in [5, 5.41) is 8.48. The number of nitrogen functional groups attached to an aromatic ring is 1. The third-order valence-corrected chi connectivity index (χ3v) is 2.15. The van der Waals surface area contributed by atoms with Gasteiger partial charge in [-0.05, 0) is 30.5 Å². The van der Waals surface area contributed by atoms with Crippen molar-refractivity contribution in [3.05, 3.63) is 23.8 Å². The molecule has 1 rings (SSSR count). The summed E-state index contributed by atoms with van der Waals surface area (Å²) in [5.74, 6) is -0.117. The Hall–Kier alpha value is -1.71. The lowest BCUT2D eigenvalue weighted by Gasteiger charge is -2.06. The molecule has 0 atom stereocenters. The van der Waals surface area contributed by atoms with Crippen molar-refractivity contribution >= 4 is 11.7 Å². The minimum atomic E-state index is -0.767. The van der Waals surface area contributed by atoms with Crippen LogP contribution in [0.4, 0.5) is 5.69 Å². The highest BCUT2D eigenvalue weighted by molar-refractivity contribution is 5.66. The highest BCUT2D eigenvalue weighted by atomic mass is 16.5. The van der Waals surface area contributed by atoms with Gasteiger partial charge in [0.2, 0.25) is 0 Å². The third kappa shape index (κ3) is 3.50. The largest absolute Gasteiger partial charge is 0.495 e. The van der Waals surface area contributed by atoms with Crippen molar-refractivity contribution in [2.45, 2.75) is 19.3 Å². The Morgan fingerprint density at radius 1 is 1.53 bits per heavy atom. The zero-order chi connectivity index (χ0) is 11.3. The molecule has 0 fully saturated rings. The van der Waals surface area contributed by atoms with E-state index in [0.717, 1.165) is 12.0 Å². The Labute approximate surface area is 88.7 Å². The van der Waals surface area contributed by atoms with Crippen molar-refractivity contribution < 1.29 is 14.6 Å². The first-order chi connectivity index (χ1) is 7.13. The van der Waals surface area contributed by atoms with E-state index in [9.17, 15) is 4.79 Å². The molecule has 0 spiro atoms. The van der Waals surface area contributed by atoms with Gasteiger partial charge >= 0.3 is 5.97 Å². The number of rotatable bonds is 5. The number of carboxylic acids is 1. The normalized spacial score (nSPS) is 9.93. The predicted octanol–water partition coefficient (Wildman–Crippen LogP) is 1.68. The molecule has 0 saturated carbocycles. The molecule has 0 bridgehead atoms. The maximum Gasteiger partial charge on any atom is 0.303 e. The lowest BCUT2D eigenvalue weighted by atomic mass is 10.1. The maximum atomic E-state index is 10.3. The number of methoxy groups -OCH3 is 1. The second kappa shape index (κ2) is 5.24. The fourth-order valence-corrected chi connectivity index (χ4v) is 1.38. The lowest BCUT2D eigenvalue weighted by molar-refractivity contribution is -0.137. The summed E-state index contributed by atoms with van der Waals surface area (Å²) in [5.41, 5.74) is 7.35. The van der Waals surface area contributed by atoms with Crippen molar-refractivity contribution in [2.75, 3.05) is 12.8 Å². The molecule has 4 heteroatoms. The summed E-state index contributed by atoms with van der Waals surface area (Å²) < 4.78 is 5.02. The van der Waals surface area contributed by atoms with Crippen LogP contribution in [0, 0.1) is 0 Å². The molecular weight excluding hydrogens is 194 g/mol. The van der Waals surface area contributed by atoms with Crippen LogP contribution in [0.15, 0.2) is 18.2 Å². The van der Waals surface area contributed by atoms with Crippen LogP contribution in [0.1, 0.15) is 18.4 Å². The minimum absolute atomic E-state index is 0.186. The molecule has 0 unspecified atom stereocenters. The first-order valence-corrected chi connectivity index (χ1v) is 4.77. The average Bonchev–Trinajstić information content (AvgIpc) is 2.17. The smallest absolute Gasteiger partial charge is 0.303 e. The Kier molecular flexibility index (Phi) is 3.97. The van der Waals surface area contributed by atoms with Crippen molar-refractivity contribution in [2.24, 2.45) is 0 Å². The standard InChI is InChI=1S/C11H15NO3/c1-15-10-6-5-8(7-9(10)12)3-2-4-11(13)14/h5-7H,2-4,12H2,1H3,(H,13,14). The molecule has 0 aromatic heterocycles. The van der Waals surface area contributed by atoms with Crippen LogP contribution in [0.2, 0.25) is 0 Å². The summed E-state index contributed by atoms with van der Waals surface area (Å²) in [7, 11) is 1.57. The van der Waals surface area contributed by atoms with Gasteiger partial charge in [-0.3, -0.25) is 4.79 Å². The average molecular weight is 209 g/mol. The van der Waals surface area contributed by atoms with Gasteiger partial charge in [0.05, 0.1) is 12.8 Å². The van der Waals surface area contributed by atoms with E-state index in [1.165, 1.54) is 0 Å². The molecule has 0 aliphatic carbocycles. The molecule has 0 heterocycles. The van der Waals surface area contributed by atoms with E-state index in [1.54, 1.807) is 13.2 Å². The van der Waals surface area contributed by atoms with Crippen LogP contribution < -0.4 is 10.5 Å². The molecule has 3 N–H and O–H groups in total. The lowest BCUT2D eigenvalue weighted by Crippen LogP contribution is -1.97. The molecule has 0 aliphatic rings. The van der Waals surface area contributed by atoms with E-state index in [1.807, 2.05) is 12.1 Å². The SMILES string of the molecule is COc1ccc(CCCC(=O)O)cc1N. The fraction of sp³-hybridized carbons (Fsp3) is 0.364. The minimum Gasteiger partial charge on any atom is -0.495 e. The predicted molar refractivity (Wildman–Crippen MR) is 58.0 cm³/mol. The highest BCUT2D eigenvalue weighted by Gasteiger charge is 2.02. The van der Waals surface area contributed by atoms with Crippen molar-refractivity contribution in [1.29, 1.82) is 0 Å². The number of aliphatic carboxylic acids is 1.